The molecule has 2 fully saturated rings. The number of anilines is 1. The van der Waals surface area contributed by atoms with Crippen molar-refractivity contribution in [3.05, 3.63) is 11.1 Å². The molecule has 0 saturated carbocycles. The molecule has 0 bridgehead atoms. The van der Waals surface area contributed by atoms with Gasteiger partial charge in [-0.25, -0.2) is 4.98 Å². The lowest BCUT2D eigenvalue weighted by atomic mass is 9.80. The van der Waals surface area contributed by atoms with Crippen molar-refractivity contribution in [2.45, 2.75) is 45.7 Å². The molecule has 24 heavy (non-hydrogen) atoms. The third kappa shape index (κ3) is 4.53. The Morgan fingerprint density at radius 2 is 2.12 bits per heavy atom. The molecule has 6 nitrogen and oxygen atoms in total. The van der Waals surface area contributed by atoms with Gasteiger partial charge in [-0.2, -0.15) is 0 Å². The standard InChI is InChI=1S/C17H29N5OS/c1-17(2)12-22(8-5-14(17)18)10-15(23)20-16-19-13(11-24-16)9-21-6-3-4-7-21/h11,14H,3-10,12,18H2,1-2H3,(H,19,20,23). The fraction of sp³-hybridized carbons (Fsp3) is 0.765. The van der Waals surface area contributed by atoms with Gasteiger partial charge in [-0.15, -0.1) is 11.3 Å². The number of carbonyl (C=O) groups is 1. The molecule has 3 heterocycles. The van der Waals surface area contributed by atoms with Crippen LogP contribution >= 0.6 is 11.3 Å². The highest BCUT2D eigenvalue weighted by molar-refractivity contribution is 7.13. The molecule has 134 valence electrons. The lowest BCUT2D eigenvalue weighted by Crippen LogP contribution is -2.53. The average molecular weight is 352 g/mol. The predicted octanol–water partition coefficient (Wildman–Crippen LogP) is 1.74. The maximum absolute atomic E-state index is 12.3. The van der Waals surface area contributed by atoms with Gasteiger partial charge in [0, 0.05) is 31.1 Å². The van der Waals surface area contributed by atoms with E-state index in [0.717, 1.165) is 44.8 Å². The number of nitrogens with zero attached hydrogens (tertiary/aromatic N) is 3. The van der Waals surface area contributed by atoms with E-state index in [4.69, 9.17) is 5.73 Å². The van der Waals surface area contributed by atoms with Crippen LogP contribution in [0.3, 0.4) is 0 Å². The monoisotopic (exact) mass is 351 g/mol. The van der Waals surface area contributed by atoms with E-state index in [1.165, 1.54) is 24.2 Å². The minimum Gasteiger partial charge on any atom is -0.327 e. The van der Waals surface area contributed by atoms with Crippen LogP contribution < -0.4 is 11.1 Å². The van der Waals surface area contributed by atoms with Gasteiger partial charge < -0.3 is 11.1 Å². The van der Waals surface area contributed by atoms with E-state index in [2.05, 4.69) is 39.3 Å². The molecule has 1 atom stereocenters. The molecule has 1 aromatic rings. The highest BCUT2D eigenvalue weighted by Crippen LogP contribution is 2.27. The molecule has 0 spiro atoms. The van der Waals surface area contributed by atoms with Gasteiger partial charge in [0.1, 0.15) is 0 Å². The minimum atomic E-state index is 0.0170. The van der Waals surface area contributed by atoms with E-state index in [1.54, 1.807) is 0 Å². The largest absolute Gasteiger partial charge is 0.327 e. The fourth-order valence-electron chi connectivity index (χ4n) is 3.59. The molecule has 0 aliphatic carbocycles. The van der Waals surface area contributed by atoms with Crippen LogP contribution in [0.5, 0.6) is 0 Å². The normalized spacial score (nSPS) is 25.0. The number of rotatable bonds is 5. The molecule has 0 aromatic carbocycles. The Kier molecular flexibility index (Phi) is 5.54. The average Bonchev–Trinajstić information content (AvgIpc) is 3.15. The number of carbonyl (C=O) groups excluding carboxylic acids is 1. The van der Waals surface area contributed by atoms with E-state index in [0.29, 0.717) is 11.7 Å². The molecule has 1 unspecified atom stereocenters. The summed E-state index contributed by atoms with van der Waals surface area (Å²) < 4.78 is 0. The number of nitrogens with two attached hydrogens (primary N) is 1. The van der Waals surface area contributed by atoms with E-state index in [1.807, 2.05) is 0 Å². The molecule has 3 rings (SSSR count). The van der Waals surface area contributed by atoms with Crippen molar-refractivity contribution in [3.63, 3.8) is 0 Å². The number of thiazole rings is 1. The number of hydrogen-bond donors (Lipinski definition) is 2. The number of piperidine rings is 1. The third-order valence-corrected chi connectivity index (χ3v) is 5.95. The van der Waals surface area contributed by atoms with E-state index >= 15 is 0 Å². The Hall–Kier alpha value is -1.02. The zero-order chi connectivity index (χ0) is 17.2. The van der Waals surface area contributed by atoms with Gasteiger partial charge in [0.05, 0.1) is 12.2 Å². The van der Waals surface area contributed by atoms with Crippen molar-refractivity contribution in [2.24, 2.45) is 11.1 Å². The number of hydrogen-bond acceptors (Lipinski definition) is 6. The van der Waals surface area contributed by atoms with Crippen LogP contribution in [0.4, 0.5) is 5.13 Å². The summed E-state index contributed by atoms with van der Waals surface area (Å²) in [7, 11) is 0. The first kappa shape index (κ1) is 17.8. The molecule has 0 radical (unpaired) electrons. The van der Waals surface area contributed by atoms with E-state index in [9.17, 15) is 4.79 Å². The number of likely N-dealkylation sites (tertiary alicyclic amines) is 2. The fourth-order valence-corrected chi connectivity index (χ4v) is 4.31. The molecule has 3 N–H and O–H groups in total. The summed E-state index contributed by atoms with van der Waals surface area (Å²) in [6.45, 7) is 9.72. The Balaban J connectivity index is 1.47. The van der Waals surface area contributed by atoms with Crippen molar-refractivity contribution < 1.29 is 4.79 Å². The molecule has 2 aliphatic heterocycles. The molecular formula is C17H29N5OS. The van der Waals surface area contributed by atoms with Crippen molar-refractivity contribution in [1.82, 2.24) is 14.8 Å². The summed E-state index contributed by atoms with van der Waals surface area (Å²) in [4.78, 5) is 21.5. The first-order chi connectivity index (χ1) is 11.4. The minimum absolute atomic E-state index is 0.0170. The Morgan fingerprint density at radius 3 is 2.83 bits per heavy atom. The quantitative estimate of drug-likeness (QED) is 0.845. The molecular weight excluding hydrogens is 322 g/mol. The van der Waals surface area contributed by atoms with Gasteiger partial charge in [-0.1, -0.05) is 13.8 Å². The SMILES string of the molecule is CC1(C)CN(CC(=O)Nc2nc(CN3CCCC3)cs2)CCC1N. The van der Waals surface area contributed by atoms with Crippen LogP contribution in [0.1, 0.15) is 38.8 Å². The molecule has 2 aliphatic rings. The zero-order valence-corrected chi connectivity index (χ0v) is 15.6. The van der Waals surface area contributed by atoms with E-state index < -0.39 is 0 Å². The number of nitrogens with one attached hydrogen (secondary N) is 1. The smallest absolute Gasteiger partial charge is 0.240 e. The zero-order valence-electron chi connectivity index (χ0n) is 14.8. The topological polar surface area (TPSA) is 74.5 Å². The van der Waals surface area contributed by atoms with Crippen LogP contribution in [0.15, 0.2) is 5.38 Å². The summed E-state index contributed by atoms with van der Waals surface area (Å²) in [5.41, 5.74) is 7.28. The number of amides is 1. The molecule has 1 aromatic heterocycles. The third-order valence-electron chi connectivity index (χ3n) is 5.14. The van der Waals surface area contributed by atoms with Crippen molar-refractivity contribution in [2.75, 3.05) is 38.0 Å². The first-order valence-electron chi connectivity index (χ1n) is 8.87. The van der Waals surface area contributed by atoms with Crippen LogP contribution in [-0.2, 0) is 11.3 Å². The second-order valence-electron chi connectivity index (χ2n) is 7.77. The lowest BCUT2D eigenvalue weighted by molar-refractivity contribution is -0.118. The van der Waals surface area contributed by atoms with Crippen molar-refractivity contribution >= 4 is 22.4 Å². The van der Waals surface area contributed by atoms with Gasteiger partial charge in [-0.3, -0.25) is 14.6 Å². The molecule has 2 saturated heterocycles. The van der Waals surface area contributed by atoms with Gasteiger partial charge in [0.15, 0.2) is 5.13 Å². The second-order valence-corrected chi connectivity index (χ2v) is 8.63. The van der Waals surface area contributed by atoms with Crippen LogP contribution in [-0.4, -0.2) is 59.5 Å². The van der Waals surface area contributed by atoms with Crippen LogP contribution in [0.2, 0.25) is 0 Å². The van der Waals surface area contributed by atoms with Gasteiger partial charge in [0.25, 0.3) is 0 Å². The van der Waals surface area contributed by atoms with E-state index in [-0.39, 0.29) is 17.4 Å². The molecule has 7 heteroatoms. The lowest BCUT2D eigenvalue weighted by Gasteiger charge is -2.42. The summed E-state index contributed by atoms with van der Waals surface area (Å²) in [5, 5.41) is 5.71. The van der Waals surface area contributed by atoms with Crippen LogP contribution in [0.25, 0.3) is 0 Å². The Morgan fingerprint density at radius 1 is 1.38 bits per heavy atom. The van der Waals surface area contributed by atoms with Crippen molar-refractivity contribution in [1.29, 1.82) is 0 Å². The van der Waals surface area contributed by atoms with Gasteiger partial charge in [0.2, 0.25) is 5.91 Å². The first-order valence-corrected chi connectivity index (χ1v) is 9.75. The molecule has 1 amide bonds. The maximum atomic E-state index is 12.3. The summed E-state index contributed by atoms with van der Waals surface area (Å²) in [5.74, 6) is 0.0170. The number of aromatic nitrogens is 1. The van der Waals surface area contributed by atoms with Crippen molar-refractivity contribution in [3.8, 4) is 0 Å². The van der Waals surface area contributed by atoms with Crippen LogP contribution in [0, 0.1) is 5.41 Å². The van der Waals surface area contributed by atoms with Gasteiger partial charge in [-0.05, 0) is 37.8 Å². The van der Waals surface area contributed by atoms with Gasteiger partial charge >= 0.3 is 0 Å². The highest BCUT2D eigenvalue weighted by Gasteiger charge is 2.33. The predicted molar refractivity (Wildman–Crippen MR) is 98.1 cm³/mol. The Labute approximate surface area is 148 Å². The summed E-state index contributed by atoms with van der Waals surface area (Å²) in [6, 6.07) is 0.212. The Bertz CT molecular complexity index is 567. The maximum Gasteiger partial charge on any atom is 0.240 e. The second kappa shape index (κ2) is 7.47. The summed E-state index contributed by atoms with van der Waals surface area (Å²) in [6.07, 6.45) is 3.50. The highest BCUT2D eigenvalue weighted by atomic mass is 32.1. The summed E-state index contributed by atoms with van der Waals surface area (Å²) >= 11 is 1.52.